The topological polar surface area (TPSA) is 45.5 Å². The summed E-state index contributed by atoms with van der Waals surface area (Å²) in [5, 5.41) is 9.91. The maximum Gasteiger partial charge on any atom is 0.178 e. The second kappa shape index (κ2) is 7.05. The molecule has 21 heavy (non-hydrogen) atoms. The highest BCUT2D eigenvalue weighted by atomic mass is 16.3. The van der Waals surface area contributed by atoms with Gasteiger partial charge in [0.1, 0.15) is 0 Å². The van der Waals surface area contributed by atoms with E-state index < -0.39 is 5.60 Å². The number of nitrogens with zero attached hydrogens (tertiary/aromatic N) is 2. The van der Waals surface area contributed by atoms with Crippen LogP contribution < -0.4 is 0 Å². The van der Waals surface area contributed by atoms with E-state index in [0.717, 1.165) is 23.5 Å². The Hall–Kier alpha value is -1.39. The van der Waals surface area contributed by atoms with Gasteiger partial charge in [0.2, 0.25) is 0 Å². The van der Waals surface area contributed by atoms with Crippen molar-refractivity contribution in [2.75, 3.05) is 19.6 Å². The minimum absolute atomic E-state index is 0.101. The van der Waals surface area contributed by atoms with Gasteiger partial charge in [-0.25, -0.2) is 0 Å². The Morgan fingerprint density at radius 1 is 1.48 bits per heavy atom. The van der Waals surface area contributed by atoms with E-state index in [0.29, 0.717) is 19.6 Å². The highest BCUT2D eigenvalue weighted by Gasteiger charge is 2.21. The summed E-state index contributed by atoms with van der Waals surface area (Å²) in [6, 6.07) is 1.94. The number of aryl methyl sites for hydroxylation is 1. The molecule has 1 heterocycles. The van der Waals surface area contributed by atoms with Gasteiger partial charge in [-0.3, -0.25) is 9.69 Å². The van der Waals surface area contributed by atoms with E-state index in [-0.39, 0.29) is 5.78 Å². The molecule has 0 aromatic carbocycles. The third-order valence-corrected chi connectivity index (χ3v) is 3.61. The van der Waals surface area contributed by atoms with Gasteiger partial charge in [0, 0.05) is 30.0 Å². The average molecular weight is 292 g/mol. The molecule has 4 nitrogen and oxygen atoms in total. The second-order valence-electron chi connectivity index (χ2n) is 6.22. The van der Waals surface area contributed by atoms with E-state index in [1.54, 1.807) is 13.8 Å². The molecule has 1 aromatic rings. The van der Waals surface area contributed by atoms with E-state index in [2.05, 4.69) is 11.1 Å². The largest absolute Gasteiger partial charge is 0.389 e. The zero-order valence-electron chi connectivity index (χ0n) is 13.9. The van der Waals surface area contributed by atoms with Crippen molar-refractivity contribution in [3.05, 3.63) is 35.7 Å². The normalized spacial score (nSPS) is 12.0. The van der Waals surface area contributed by atoms with E-state index >= 15 is 0 Å². The molecular weight excluding hydrogens is 264 g/mol. The fourth-order valence-corrected chi connectivity index (χ4v) is 2.61. The Labute approximate surface area is 128 Å². The van der Waals surface area contributed by atoms with Crippen LogP contribution in [0.2, 0.25) is 0 Å². The highest BCUT2D eigenvalue weighted by molar-refractivity contribution is 5.99. The van der Waals surface area contributed by atoms with Crippen molar-refractivity contribution >= 4 is 5.78 Å². The van der Waals surface area contributed by atoms with Crippen molar-refractivity contribution in [3.8, 4) is 0 Å². The molecule has 118 valence electrons. The molecule has 0 aliphatic heterocycles. The maximum absolute atomic E-state index is 12.5. The van der Waals surface area contributed by atoms with Crippen LogP contribution >= 0.6 is 0 Å². The fourth-order valence-electron chi connectivity index (χ4n) is 2.61. The molecular formula is C17H28N2O2. The molecule has 0 aliphatic carbocycles. The monoisotopic (exact) mass is 292 g/mol. The van der Waals surface area contributed by atoms with Crippen LogP contribution in [-0.2, 0) is 6.54 Å². The number of allylic oxidation sites excluding steroid dienone is 1. The molecule has 4 heteroatoms. The molecule has 0 amide bonds. The van der Waals surface area contributed by atoms with E-state index in [1.165, 1.54) is 0 Å². The van der Waals surface area contributed by atoms with Gasteiger partial charge in [0.05, 0.1) is 12.1 Å². The van der Waals surface area contributed by atoms with Crippen LogP contribution in [0.5, 0.6) is 0 Å². The Morgan fingerprint density at radius 3 is 2.57 bits per heavy atom. The quantitative estimate of drug-likeness (QED) is 0.591. The lowest BCUT2D eigenvalue weighted by atomic mass is 10.1. The number of Topliss-reactive ketones (excluding diaryl/α,β-unsaturated/α-hetero) is 1. The van der Waals surface area contributed by atoms with Gasteiger partial charge >= 0.3 is 0 Å². The van der Waals surface area contributed by atoms with E-state index in [1.807, 2.05) is 37.8 Å². The van der Waals surface area contributed by atoms with Crippen LogP contribution in [0.4, 0.5) is 0 Å². The first-order valence-corrected chi connectivity index (χ1v) is 7.45. The van der Waals surface area contributed by atoms with Gasteiger partial charge in [-0.15, -0.1) is 6.58 Å². The third-order valence-electron chi connectivity index (χ3n) is 3.61. The lowest BCUT2D eigenvalue weighted by Gasteiger charge is -2.27. The fraction of sp³-hybridized carbons (Fsp3) is 0.588. The average Bonchev–Trinajstić information content (AvgIpc) is 2.64. The van der Waals surface area contributed by atoms with E-state index in [4.69, 9.17) is 0 Å². The molecule has 1 aromatic heterocycles. The Bertz CT molecular complexity index is 510. The first-order valence-electron chi connectivity index (χ1n) is 7.45. The number of ketones is 1. The lowest BCUT2D eigenvalue weighted by molar-refractivity contribution is 0.0376. The molecule has 0 radical (unpaired) electrons. The van der Waals surface area contributed by atoms with Gasteiger partial charge in [0.25, 0.3) is 0 Å². The first kappa shape index (κ1) is 17.7. The van der Waals surface area contributed by atoms with Crippen molar-refractivity contribution in [2.24, 2.45) is 0 Å². The number of aliphatic hydroxyl groups is 1. The minimum Gasteiger partial charge on any atom is -0.389 e. The summed E-state index contributed by atoms with van der Waals surface area (Å²) in [5.41, 5.74) is 2.03. The smallest absolute Gasteiger partial charge is 0.178 e. The molecule has 0 bridgehead atoms. The molecule has 0 aliphatic rings. The molecule has 1 N–H and O–H groups in total. The Kier molecular flexibility index (Phi) is 5.93. The number of carbonyl (C=O) groups excluding carboxylic acids is 1. The predicted octanol–water partition coefficient (Wildman–Crippen LogP) is 2.57. The summed E-state index contributed by atoms with van der Waals surface area (Å²) < 4.78 is 2.09. The van der Waals surface area contributed by atoms with Gasteiger partial charge in [0.15, 0.2) is 5.78 Å². The zero-order chi connectivity index (χ0) is 16.2. The van der Waals surface area contributed by atoms with Crippen molar-refractivity contribution in [1.82, 2.24) is 9.47 Å². The number of carbonyl (C=O) groups is 1. The number of rotatable bonds is 8. The molecule has 1 rings (SSSR count). The summed E-state index contributed by atoms with van der Waals surface area (Å²) >= 11 is 0. The van der Waals surface area contributed by atoms with Gasteiger partial charge < -0.3 is 9.67 Å². The predicted molar refractivity (Wildman–Crippen MR) is 86.8 cm³/mol. The first-order chi connectivity index (χ1) is 9.69. The zero-order valence-corrected chi connectivity index (χ0v) is 13.9. The highest BCUT2D eigenvalue weighted by Crippen LogP contribution is 2.17. The van der Waals surface area contributed by atoms with Gasteiger partial charge in [-0.2, -0.15) is 0 Å². The summed E-state index contributed by atoms with van der Waals surface area (Å²) in [6.07, 6.45) is 1.83. The Morgan fingerprint density at radius 2 is 2.10 bits per heavy atom. The number of aromatic nitrogens is 1. The SMILES string of the molecule is C=CCn1c(C)cc(C(=O)CN(CC)CC(C)(C)O)c1C. The number of hydrogen-bond acceptors (Lipinski definition) is 3. The maximum atomic E-state index is 12.5. The van der Waals surface area contributed by atoms with Crippen LogP contribution in [0.25, 0.3) is 0 Å². The van der Waals surface area contributed by atoms with Crippen LogP contribution in [0.3, 0.4) is 0 Å². The number of likely N-dealkylation sites (N-methyl/N-ethyl adjacent to an activating group) is 1. The van der Waals surface area contributed by atoms with Crippen LogP contribution in [-0.4, -0.2) is 45.6 Å². The Balaban J connectivity index is 2.88. The number of hydrogen-bond donors (Lipinski definition) is 1. The molecule has 0 fully saturated rings. The van der Waals surface area contributed by atoms with Gasteiger partial charge in [-0.1, -0.05) is 13.0 Å². The van der Waals surface area contributed by atoms with Crippen molar-refractivity contribution in [3.63, 3.8) is 0 Å². The van der Waals surface area contributed by atoms with Crippen molar-refractivity contribution < 1.29 is 9.90 Å². The van der Waals surface area contributed by atoms with Gasteiger partial charge in [-0.05, 0) is 40.3 Å². The van der Waals surface area contributed by atoms with Crippen LogP contribution in [0, 0.1) is 13.8 Å². The second-order valence-corrected chi connectivity index (χ2v) is 6.22. The van der Waals surface area contributed by atoms with Crippen molar-refractivity contribution in [2.45, 2.75) is 46.8 Å². The molecule has 0 spiro atoms. The summed E-state index contributed by atoms with van der Waals surface area (Å²) in [6.45, 7) is 15.5. The van der Waals surface area contributed by atoms with E-state index in [9.17, 15) is 9.90 Å². The molecule has 0 saturated heterocycles. The van der Waals surface area contributed by atoms with Crippen molar-refractivity contribution in [1.29, 1.82) is 0 Å². The third kappa shape index (κ3) is 4.83. The van der Waals surface area contributed by atoms with Crippen LogP contribution in [0.1, 0.15) is 42.5 Å². The molecule has 0 saturated carbocycles. The standard InChI is InChI=1S/C17H28N2O2/c1-7-9-19-13(3)10-15(14(19)4)16(20)11-18(8-2)12-17(5,6)21/h7,10,21H,1,8-9,11-12H2,2-6H3. The van der Waals surface area contributed by atoms with Crippen LogP contribution in [0.15, 0.2) is 18.7 Å². The minimum atomic E-state index is -0.796. The summed E-state index contributed by atoms with van der Waals surface area (Å²) in [5.74, 6) is 0.101. The molecule has 0 atom stereocenters. The summed E-state index contributed by atoms with van der Waals surface area (Å²) in [7, 11) is 0. The lowest BCUT2D eigenvalue weighted by Crippen LogP contribution is -2.41. The summed E-state index contributed by atoms with van der Waals surface area (Å²) in [4.78, 5) is 14.5. The molecule has 0 unspecified atom stereocenters.